The van der Waals surface area contributed by atoms with E-state index in [0.717, 1.165) is 16.1 Å². The van der Waals surface area contributed by atoms with E-state index in [1.807, 2.05) is 20.8 Å². The lowest BCUT2D eigenvalue weighted by molar-refractivity contribution is -0.140. The second-order valence-corrected chi connectivity index (χ2v) is 11.7. The monoisotopic (exact) mass is 551 g/mol. The van der Waals surface area contributed by atoms with Gasteiger partial charge in [0.05, 0.1) is 11.9 Å². The SMILES string of the molecule is CCC(C(=O)NCC(C)C)N(Cc1ccc(Cl)cc1)C(=O)CN(c1ccc2c(c1)OCCO2)S(C)(=O)=O. The first-order valence-electron chi connectivity index (χ1n) is 12.2. The quantitative estimate of drug-likeness (QED) is 0.458. The van der Waals surface area contributed by atoms with Crippen LogP contribution in [0.15, 0.2) is 42.5 Å². The number of carbonyl (C=O) groups excluding carboxylic acids is 2. The smallest absolute Gasteiger partial charge is 0.244 e. The molecule has 0 radical (unpaired) electrons. The van der Waals surface area contributed by atoms with E-state index in [0.29, 0.717) is 42.7 Å². The van der Waals surface area contributed by atoms with Crippen molar-refractivity contribution in [2.24, 2.45) is 5.92 Å². The lowest BCUT2D eigenvalue weighted by Gasteiger charge is -2.33. The number of nitrogens with zero attached hydrogens (tertiary/aromatic N) is 2. The molecule has 37 heavy (non-hydrogen) atoms. The highest BCUT2D eigenvalue weighted by molar-refractivity contribution is 7.92. The Labute approximate surface area is 223 Å². The zero-order valence-electron chi connectivity index (χ0n) is 21.6. The number of anilines is 1. The second-order valence-electron chi connectivity index (χ2n) is 9.31. The molecule has 0 saturated heterocycles. The van der Waals surface area contributed by atoms with E-state index in [4.69, 9.17) is 21.1 Å². The Hall–Kier alpha value is -2.98. The number of fused-ring (bicyclic) bond motifs is 1. The fourth-order valence-electron chi connectivity index (χ4n) is 3.93. The molecular weight excluding hydrogens is 518 g/mol. The Morgan fingerprint density at radius 2 is 1.70 bits per heavy atom. The molecule has 3 rings (SSSR count). The van der Waals surface area contributed by atoms with Gasteiger partial charge in [-0.15, -0.1) is 0 Å². The maximum Gasteiger partial charge on any atom is 0.244 e. The van der Waals surface area contributed by atoms with Crippen molar-refractivity contribution < 1.29 is 27.5 Å². The molecule has 0 aromatic heterocycles. The van der Waals surface area contributed by atoms with Gasteiger partial charge in [0.15, 0.2) is 11.5 Å². The number of sulfonamides is 1. The van der Waals surface area contributed by atoms with Gasteiger partial charge in [-0.05, 0) is 42.2 Å². The highest BCUT2D eigenvalue weighted by atomic mass is 35.5. The second kappa shape index (κ2) is 12.5. The number of rotatable bonds is 11. The Bertz CT molecular complexity index is 1200. The number of hydrogen-bond donors (Lipinski definition) is 1. The average Bonchev–Trinajstić information content (AvgIpc) is 2.86. The Morgan fingerprint density at radius 3 is 2.30 bits per heavy atom. The molecule has 0 bridgehead atoms. The van der Waals surface area contributed by atoms with E-state index >= 15 is 0 Å². The molecule has 11 heteroatoms. The molecular formula is C26H34ClN3O6S. The van der Waals surface area contributed by atoms with Crippen LogP contribution in [0, 0.1) is 5.92 Å². The Balaban J connectivity index is 1.93. The van der Waals surface area contributed by atoms with Crippen LogP contribution in [0.3, 0.4) is 0 Å². The van der Waals surface area contributed by atoms with Crippen LogP contribution in [0.1, 0.15) is 32.8 Å². The first kappa shape index (κ1) is 28.6. The zero-order chi connectivity index (χ0) is 27.2. The number of halogens is 1. The van der Waals surface area contributed by atoms with Crippen LogP contribution in [0.4, 0.5) is 5.69 Å². The van der Waals surface area contributed by atoms with Crippen LogP contribution in [0.25, 0.3) is 0 Å². The van der Waals surface area contributed by atoms with Crippen LogP contribution in [-0.2, 0) is 26.2 Å². The van der Waals surface area contributed by atoms with Crippen LogP contribution in [0.2, 0.25) is 5.02 Å². The lowest BCUT2D eigenvalue weighted by Crippen LogP contribution is -2.52. The summed E-state index contributed by atoms with van der Waals surface area (Å²) in [6, 6.07) is 10.9. The van der Waals surface area contributed by atoms with Gasteiger partial charge in [0, 0.05) is 24.2 Å². The molecule has 1 heterocycles. The third-order valence-corrected chi connectivity index (χ3v) is 7.22. The summed E-state index contributed by atoms with van der Waals surface area (Å²) in [6.45, 7) is 6.61. The minimum atomic E-state index is -3.85. The average molecular weight is 552 g/mol. The van der Waals surface area contributed by atoms with Crippen molar-refractivity contribution >= 4 is 39.1 Å². The van der Waals surface area contributed by atoms with Gasteiger partial charge in [-0.25, -0.2) is 8.42 Å². The highest BCUT2D eigenvalue weighted by Gasteiger charge is 2.32. The maximum atomic E-state index is 13.7. The molecule has 0 fully saturated rings. The standard InChI is InChI=1S/C26H34ClN3O6S/c1-5-22(26(32)28-15-18(2)3)29(16-19-6-8-20(27)9-7-19)25(31)17-30(37(4,33)34)21-10-11-23-24(14-21)36-13-12-35-23/h6-11,14,18,22H,5,12-13,15-17H2,1-4H3,(H,28,32). The van der Waals surface area contributed by atoms with Gasteiger partial charge in [-0.2, -0.15) is 0 Å². The van der Waals surface area contributed by atoms with Crippen molar-refractivity contribution in [2.75, 3.05) is 36.9 Å². The summed E-state index contributed by atoms with van der Waals surface area (Å²) >= 11 is 6.02. The number of nitrogens with one attached hydrogen (secondary N) is 1. The van der Waals surface area contributed by atoms with E-state index in [1.165, 1.54) is 4.90 Å². The van der Waals surface area contributed by atoms with Gasteiger partial charge in [-0.1, -0.05) is 44.5 Å². The largest absolute Gasteiger partial charge is 0.486 e. The maximum absolute atomic E-state index is 13.7. The molecule has 1 N–H and O–H groups in total. The summed E-state index contributed by atoms with van der Waals surface area (Å²) in [5.74, 6) is 0.345. The third kappa shape index (κ3) is 7.75. The molecule has 2 amide bonds. The number of carbonyl (C=O) groups is 2. The number of amides is 2. The molecule has 1 aliphatic heterocycles. The number of benzene rings is 2. The number of ether oxygens (including phenoxy) is 2. The molecule has 0 aliphatic carbocycles. The Kier molecular flexibility index (Phi) is 9.67. The van der Waals surface area contributed by atoms with Gasteiger partial charge in [0.1, 0.15) is 25.8 Å². The van der Waals surface area contributed by atoms with Gasteiger partial charge in [0.25, 0.3) is 0 Å². The fourth-order valence-corrected chi connectivity index (χ4v) is 4.90. The summed E-state index contributed by atoms with van der Waals surface area (Å²) in [4.78, 5) is 28.3. The van der Waals surface area contributed by atoms with E-state index in [2.05, 4.69) is 5.32 Å². The van der Waals surface area contributed by atoms with Crippen LogP contribution in [0.5, 0.6) is 11.5 Å². The molecule has 1 aliphatic rings. The first-order chi connectivity index (χ1) is 17.5. The molecule has 202 valence electrons. The van der Waals surface area contributed by atoms with Crippen molar-refractivity contribution in [3.63, 3.8) is 0 Å². The van der Waals surface area contributed by atoms with Crippen molar-refractivity contribution in [1.29, 1.82) is 0 Å². The van der Waals surface area contributed by atoms with Crippen molar-refractivity contribution in [3.8, 4) is 11.5 Å². The molecule has 2 aromatic carbocycles. The zero-order valence-corrected chi connectivity index (χ0v) is 23.1. The van der Waals surface area contributed by atoms with Crippen molar-refractivity contribution in [1.82, 2.24) is 10.2 Å². The predicted octanol–water partition coefficient (Wildman–Crippen LogP) is 3.46. The molecule has 0 saturated carbocycles. The summed E-state index contributed by atoms with van der Waals surface area (Å²) in [7, 11) is -3.85. The molecule has 2 aromatic rings. The van der Waals surface area contributed by atoms with E-state index < -0.39 is 28.5 Å². The van der Waals surface area contributed by atoms with Crippen molar-refractivity contribution in [3.05, 3.63) is 53.1 Å². The predicted molar refractivity (Wildman–Crippen MR) is 144 cm³/mol. The highest BCUT2D eigenvalue weighted by Crippen LogP contribution is 2.34. The van der Waals surface area contributed by atoms with Gasteiger partial charge < -0.3 is 19.7 Å². The van der Waals surface area contributed by atoms with Crippen LogP contribution >= 0.6 is 11.6 Å². The first-order valence-corrected chi connectivity index (χ1v) is 14.4. The molecule has 9 nitrogen and oxygen atoms in total. The van der Waals surface area contributed by atoms with E-state index in [-0.39, 0.29) is 24.1 Å². The van der Waals surface area contributed by atoms with E-state index in [1.54, 1.807) is 42.5 Å². The summed E-state index contributed by atoms with van der Waals surface area (Å²) in [6.07, 6.45) is 1.39. The molecule has 1 unspecified atom stereocenters. The Morgan fingerprint density at radius 1 is 1.05 bits per heavy atom. The fraction of sp³-hybridized carbons (Fsp3) is 0.462. The minimum absolute atomic E-state index is 0.113. The van der Waals surface area contributed by atoms with Crippen LogP contribution < -0.4 is 19.1 Å². The normalized spacial score (nSPS) is 13.7. The summed E-state index contributed by atoms with van der Waals surface area (Å²) in [5.41, 5.74) is 1.03. The molecule has 0 spiro atoms. The lowest BCUT2D eigenvalue weighted by atomic mass is 10.1. The number of hydrogen-bond acceptors (Lipinski definition) is 6. The van der Waals surface area contributed by atoms with Crippen molar-refractivity contribution in [2.45, 2.75) is 39.8 Å². The van der Waals surface area contributed by atoms with E-state index in [9.17, 15) is 18.0 Å². The van der Waals surface area contributed by atoms with Gasteiger partial charge >= 0.3 is 0 Å². The summed E-state index contributed by atoms with van der Waals surface area (Å²) < 4.78 is 37.7. The summed E-state index contributed by atoms with van der Waals surface area (Å²) in [5, 5.41) is 3.44. The topological polar surface area (TPSA) is 105 Å². The van der Waals surface area contributed by atoms with Gasteiger partial charge in [-0.3, -0.25) is 13.9 Å². The third-order valence-electron chi connectivity index (χ3n) is 5.83. The molecule has 1 atom stereocenters. The minimum Gasteiger partial charge on any atom is -0.486 e. The van der Waals surface area contributed by atoms with Crippen LogP contribution in [-0.4, -0.2) is 63.7 Å². The van der Waals surface area contributed by atoms with Gasteiger partial charge in [0.2, 0.25) is 21.8 Å².